The van der Waals surface area contributed by atoms with Crippen molar-refractivity contribution in [2.24, 2.45) is 0 Å². The molecule has 2 aliphatic heterocycles. The second-order valence-corrected chi connectivity index (χ2v) is 9.90. The van der Waals surface area contributed by atoms with Crippen molar-refractivity contribution in [3.63, 3.8) is 0 Å². The van der Waals surface area contributed by atoms with Crippen LogP contribution in [0.5, 0.6) is 0 Å². The summed E-state index contributed by atoms with van der Waals surface area (Å²) in [5.74, 6) is -1.08. The fourth-order valence-corrected chi connectivity index (χ4v) is 5.26. The summed E-state index contributed by atoms with van der Waals surface area (Å²) in [6, 6.07) is 8.26. The average Bonchev–Trinajstić information content (AvgIpc) is 3.52. The molecule has 9 nitrogen and oxygen atoms in total. The van der Waals surface area contributed by atoms with Crippen molar-refractivity contribution in [2.75, 3.05) is 38.1 Å². The molecule has 1 N–H and O–H groups in total. The van der Waals surface area contributed by atoms with Crippen LogP contribution in [0.25, 0.3) is 0 Å². The molecular weight excluding hydrogens is 451 g/mol. The molecular formula is C25H31FN6O3. The molecule has 1 atom stereocenters. The molecule has 0 radical (unpaired) electrons. The monoisotopic (exact) mass is 482 g/mol. The van der Waals surface area contributed by atoms with E-state index in [-0.39, 0.29) is 41.8 Å². The van der Waals surface area contributed by atoms with Gasteiger partial charge in [0.15, 0.2) is 5.69 Å². The molecule has 0 unspecified atom stereocenters. The number of halogens is 1. The summed E-state index contributed by atoms with van der Waals surface area (Å²) >= 11 is 0. The Bertz CT molecular complexity index is 1150. The van der Waals surface area contributed by atoms with Crippen molar-refractivity contribution in [3.05, 3.63) is 47.5 Å². The number of amides is 3. The van der Waals surface area contributed by atoms with Crippen molar-refractivity contribution in [3.8, 4) is 0 Å². The number of piperazine rings is 1. The fourth-order valence-electron chi connectivity index (χ4n) is 5.26. The van der Waals surface area contributed by atoms with Gasteiger partial charge in [-0.05, 0) is 31.9 Å². The first-order valence-electron chi connectivity index (χ1n) is 12.2. The first-order valence-corrected chi connectivity index (χ1v) is 12.2. The topological polar surface area (TPSA) is 90.8 Å². The third-order valence-corrected chi connectivity index (χ3v) is 7.66. The Labute approximate surface area is 203 Å². The quantitative estimate of drug-likeness (QED) is 0.719. The number of aromatic nitrogens is 2. The van der Waals surface area contributed by atoms with E-state index in [1.165, 1.54) is 21.7 Å². The summed E-state index contributed by atoms with van der Waals surface area (Å²) in [6.07, 6.45) is 4.10. The van der Waals surface area contributed by atoms with Crippen molar-refractivity contribution in [1.29, 1.82) is 0 Å². The zero-order valence-corrected chi connectivity index (χ0v) is 20.2. The molecule has 35 heavy (non-hydrogen) atoms. The Morgan fingerprint density at radius 1 is 1.11 bits per heavy atom. The summed E-state index contributed by atoms with van der Waals surface area (Å²) in [7, 11) is 1.62. The number of para-hydroxylation sites is 1. The molecule has 0 spiro atoms. The number of nitrogens with zero attached hydrogens (tertiary/aromatic N) is 5. The number of hydrogen-bond acceptors (Lipinski definition) is 5. The highest BCUT2D eigenvalue weighted by atomic mass is 19.1. The van der Waals surface area contributed by atoms with Crippen LogP contribution >= 0.6 is 0 Å². The average molecular weight is 483 g/mol. The van der Waals surface area contributed by atoms with Gasteiger partial charge in [0.1, 0.15) is 17.1 Å². The number of carbonyl (C=O) groups is 3. The number of nitrogens with one attached hydrogen (secondary N) is 1. The van der Waals surface area contributed by atoms with E-state index in [0.717, 1.165) is 25.7 Å². The Morgan fingerprint density at radius 3 is 2.49 bits per heavy atom. The maximum atomic E-state index is 14.1. The van der Waals surface area contributed by atoms with E-state index in [4.69, 9.17) is 0 Å². The molecule has 1 saturated carbocycles. The maximum absolute atomic E-state index is 14.1. The highest BCUT2D eigenvalue weighted by molar-refractivity contribution is 6.01. The van der Waals surface area contributed by atoms with Gasteiger partial charge >= 0.3 is 0 Å². The second kappa shape index (κ2) is 8.98. The zero-order valence-electron chi connectivity index (χ0n) is 20.2. The Hall–Kier alpha value is -3.43. The van der Waals surface area contributed by atoms with Gasteiger partial charge < -0.3 is 20.0 Å². The highest BCUT2D eigenvalue weighted by Gasteiger charge is 2.47. The standard InChI is InChI=1S/C25H31FN6O3/c1-25(24(35)27-17-7-3-4-8-17)16-32-21(23(34)29(25)2)15-19(28-32)22(33)31-13-11-30(12-14-31)20-10-6-5-9-18(20)26/h5-6,9-10,15,17H,3-4,7-8,11-14,16H2,1-2H3,(H,27,35)/t25-/m0/s1. The molecule has 1 saturated heterocycles. The molecule has 186 valence electrons. The van der Waals surface area contributed by atoms with Crippen molar-refractivity contribution in [2.45, 2.75) is 50.7 Å². The van der Waals surface area contributed by atoms with Gasteiger partial charge in [-0.1, -0.05) is 25.0 Å². The molecule has 1 aliphatic carbocycles. The number of hydrogen-bond donors (Lipinski definition) is 1. The molecule has 10 heteroatoms. The zero-order chi connectivity index (χ0) is 24.7. The predicted octanol–water partition coefficient (Wildman–Crippen LogP) is 1.89. The van der Waals surface area contributed by atoms with E-state index < -0.39 is 5.54 Å². The predicted molar refractivity (Wildman–Crippen MR) is 128 cm³/mol. The van der Waals surface area contributed by atoms with E-state index in [9.17, 15) is 18.8 Å². The van der Waals surface area contributed by atoms with E-state index in [0.29, 0.717) is 37.6 Å². The summed E-state index contributed by atoms with van der Waals surface area (Å²) in [6.45, 7) is 3.76. The van der Waals surface area contributed by atoms with Crippen molar-refractivity contribution in [1.82, 2.24) is 24.9 Å². The molecule has 2 aromatic rings. The highest BCUT2D eigenvalue weighted by Crippen LogP contribution is 2.28. The van der Waals surface area contributed by atoms with E-state index in [1.807, 2.05) is 4.90 Å². The van der Waals surface area contributed by atoms with E-state index >= 15 is 0 Å². The normalized spacial score (nSPS) is 22.9. The van der Waals surface area contributed by atoms with Gasteiger partial charge in [-0.15, -0.1) is 0 Å². The Morgan fingerprint density at radius 2 is 1.80 bits per heavy atom. The second-order valence-electron chi connectivity index (χ2n) is 9.90. The van der Waals surface area contributed by atoms with Gasteiger partial charge in [-0.2, -0.15) is 5.10 Å². The Balaban J connectivity index is 1.29. The molecule has 3 heterocycles. The molecule has 0 bridgehead atoms. The van der Waals surface area contributed by atoms with Gasteiger partial charge in [0.05, 0.1) is 12.2 Å². The van der Waals surface area contributed by atoms with Crippen LogP contribution in [0.3, 0.4) is 0 Å². The lowest BCUT2D eigenvalue weighted by molar-refractivity contribution is -0.133. The van der Waals surface area contributed by atoms with E-state index in [2.05, 4.69) is 10.4 Å². The third-order valence-electron chi connectivity index (χ3n) is 7.66. The van der Waals surface area contributed by atoms with Crippen molar-refractivity contribution >= 4 is 23.4 Å². The van der Waals surface area contributed by atoms with Gasteiger partial charge in [-0.3, -0.25) is 19.1 Å². The first-order chi connectivity index (χ1) is 16.8. The minimum absolute atomic E-state index is 0.141. The lowest BCUT2D eigenvalue weighted by Crippen LogP contribution is -2.63. The van der Waals surface area contributed by atoms with Crippen LogP contribution in [0.1, 0.15) is 53.6 Å². The summed E-state index contributed by atoms with van der Waals surface area (Å²) in [4.78, 5) is 44.5. The van der Waals surface area contributed by atoms with Crippen molar-refractivity contribution < 1.29 is 18.8 Å². The van der Waals surface area contributed by atoms with Crippen LogP contribution in [0.15, 0.2) is 30.3 Å². The number of fused-ring (bicyclic) bond motifs is 1. The smallest absolute Gasteiger partial charge is 0.274 e. The molecule has 5 rings (SSSR count). The van der Waals surface area contributed by atoms with Crippen LogP contribution in [-0.4, -0.2) is 82.1 Å². The third kappa shape index (κ3) is 4.15. The fraction of sp³-hybridized carbons (Fsp3) is 0.520. The number of anilines is 1. The summed E-state index contributed by atoms with van der Waals surface area (Å²) in [5, 5.41) is 7.53. The Kier molecular flexibility index (Phi) is 5.98. The molecule has 2 fully saturated rings. The number of likely N-dealkylation sites (N-methyl/N-ethyl adjacent to an activating group) is 1. The minimum Gasteiger partial charge on any atom is -0.366 e. The van der Waals surface area contributed by atoms with E-state index in [1.54, 1.807) is 37.1 Å². The number of carbonyl (C=O) groups excluding carboxylic acids is 3. The SMILES string of the molecule is CN1C(=O)c2cc(C(=O)N3CCN(c4ccccc4F)CC3)nn2C[C@@]1(C)C(=O)NC1CCCC1. The molecule has 1 aromatic heterocycles. The van der Waals surface area contributed by atoms with Crippen LogP contribution in [0, 0.1) is 5.82 Å². The number of benzene rings is 1. The molecule has 3 amide bonds. The van der Waals surface area contributed by atoms with Gasteiger partial charge in [0.2, 0.25) is 5.91 Å². The summed E-state index contributed by atoms with van der Waals surface area (Å²) in [5.41, 5.74) is -0.0842. The van der Waals surface area contributed by atoms with Crippen LogP contribution in [0.4, 0.5) is 10.1 Å². The maximum Gasteiger partial charge on any atom is 0.274 e. The lowest BCUT2D eigenvalue weighted by atomic mass is 9.95. The number of rotatable bonds is 4. The largest absolute Gasteiger partial charge is 0.366 e. The van der Waals surface area contributed by atoms with Crippen LogP contribution < -0.4 is 10.2 Å². The van der Waals surface area contributed by atoms with Gasteiger partial charge in [0.25, 0.3) is 11.8 Å². The van der Waals surface area contributed by atoms with Gasteiger partial charge in [-0.25, -0.2) is 4.39 Å². The van der Waals surface area contributed by atoms with Crippen LogP contribution in [0.2, 0.25) is 0 Å². The molecule has 3 aliphatic rings. The lowest BCUT2D eigenvalue weighted by Gasteiger charge is -2.41. The van der Waals surface area contributed by atoms with Gasteiger partial charge in [0, 0.05) is 45.3 Å². The molecule has 1 aromatic carbocycles. The summed E-state index contributed by atoms with van der Waals surface area (Å²) < 4.78 is 15.6. The minimum atomic E-state index is -1.09. The first kappa shape index (κ1) is 23.3. The van der Waals surface area contributed by atoms with Crippen LogP contribution in [-0.2, 0) is 11.3 Å².